The number of anilines is 1. The predicted octanol–water partition coefficient (Wildman–Crippen LogP) is 1.32. The van der Waals surface area contributed by atoms with Crippen molar-refractivity contribution >= 4 is 11.7 Å². The van der Waals surface area contributed by atoms with Crippen LogP contribution < -0.4 is 5.32 Å². The van der Waals surface area contributed by atoms with E-state index >= 15 is 0 Å². The molecule has 1 N–H and O–H groups in total. The lowest BCUT2D eigenvalue weighted by molar-refractivity contribution is -0.123. The van der Waals surface area contributed by atoms with E-state index in [0.29, 0.717) is 18.0 Å². The Kier molecular flexibility index (Phi) is 3.68. The summed E-state index contributed by atoms with van der Waals surface area (Å²) < 4.78 is 5.25. The molecule has 1 aliphatic rings. The molecule has 1 atom stereocenters. The van der Waals surface area contributed by atoms with E-state index in [1.54, 1.807) is 12.1 Å². The first-order valence-corrected chi connectivity index (χ1v) is 5.54. The summed E-state index contributed by atoms with van der Waals surface area (Å²) in [6.07, 6.45) is 3.20. The molecule has 5 nitrogen and oxygen atoms in total. The van der Waals surface area contributed by atoms with Crippen molar-refractivity contribution in [2.24, 2.45) is 5.92 Å². The van der Waals surface area contributed by atoms with Crippen molar-refractivity contribution in [1.82, 2.24) is 4.98 Å². The quantitative estimate of drug-likeness (QED) is 0.832. The molecular weight excluding hydrogens is 218 g/mol. The summed E-state index contributed by atoms with van der Waals surface area (Å²) in [6, 6.07) is 5.23. The van der Waals surface area contributed by atoms with Gasteiger partial charge in [0.05, 0.1) is 18.1 Å². The molecule has 1 aliphatic heterocycles. The van der Waals surface area contributed by atoms with Crippen molar-refractivity contribution in [3.05, 3.63) is 23.9 Å². The van der Waals surface area contributed by atoms with E-state index in [2.05, 4.69) is 10.3 Å². The van der Waals surface area contributed by atoms with Crippen LogP contribution in [0.4, 0.5) is 5.82 Å². The largest absolute Gasteiger partial charge is 0.381 e. The van der Waals surface area contributed by atoms with Gasteiger partial charge in [-0.25, -0.2) is 4.98 Å². The maximum atomic E-state index is 11.8. The lowest BCUT2D eigenvalue weighted by atomic mass is 10.0. The number of nitrogens with one attached hydrogen (secondary N) is 1. The molecule has 0 radical (unpaired) electrons. The zero-order valence-electron chi connectivity index (χ0n) is 9.35. The fourth-order valence-electron chi connectivity index (χ4n) is 1.71. The Morgan fingerprint density at radius 3 is 3.06 bits per heavy atom. The van der Waals surface area contributed by atoms with Gasteiger partial charge in [-0.3, -0.25) is 4.79 Å². The Hall–Kier alpha value is -1.93. The number of aromatic nitrogens is 1. The molecule has 2 rings (SSSR count). The lowest BCUT2D eigenvalue weighted by Gasteiger charge is -2.20. The number of carbonyl (C=O) groups excluding carboxylic acids is 1. The number of ether oxygens (including phenoxy) is 1. The maximum Gasteiger partial charge on any atom is 0.230 e. The number of hydrogen-bond acceptors (Lipinski definition) is 4. The first kappa shape index (κ1) is 11.6. The van der Waals surface area contributed by atoms with Gasteiger partial charge in [0.2, 0.25) is 5.91 Å². The van der Waals surface area contributed by atoms with Gasteiger partial charge in [-0.05, 0) is 25.0 Å². The number of amides is 1. The van der Waals surface area contributed by atoms with E-state index in [-0.39, 0.29) is 11.8 Å². The smallest absolute Gasteiger partial charge is 0.230 e. The van der Waals surface area contributed by atoms with Gasteiger partial charge in [0.15, 0.2) is 0 Å². The summed E-state index contributed by atoms with van der Waals surface area (Å²) >= 11 is 0. The fraction of sp³-hybridized carbons (Fsp3) is 0.417. The number of nitriles is 1. The molecule has 0 saturated carbocycles. The predicted molar refractivity (Wildman–Crippen MR) is 61.1 cm³/mol. The van der Waals surface area contributed by atoms with Gasteiger partial charge in [0.1, 0.15) is 11.9 Å². The minimum absolute atomic E-state index is 0.0677. The molecule has 5 heteroatoms. The van der Waals surface area contributed by atoms with Crippen molar-refractivity contribution in [3.63, 3.8) is 0 Å². The zero-order valence-corrected chi connectivity index (χ0v) is 9.35. The summed E-state index contributed by atoms with van der Waals surface area (Å²) in [5.41, 5.74) is 0.476. The molecule has 1 fully saturated rings. The van der Waals surface area contributed by atoms with Crippen LogP contribution in [-0.4, -0.2) is 24.1 Å². The Balaban J connectivity index is 1.95. The molecule has 0 aliphatic carbocycles. The van der Waals surface area contributed by atoms with E-state index < -0.39 is 0 Å². The summed E-state index contributed by atoms with van der Waals surface area (Å²) in [6.45, 7) is 1.21. The van der Waals surface area contributed by atoms with Crippen LogP contribution in [0.25, 0.3) is 0 Å². The van der Waals surface area contributed by atoms with Crippen LogP contribution in [0.3, 0.4) is 0 Å². The molecular formula is C12H13N3O2. The van der Waals surface area contributed by atoms with Crippen LogP contribution >= 0.6 is 0 Å². The van der Waals surface area contributed by atoms with Gasteiger partial charge in [0.25, 0.3) is 0 Å². The van der Waals surface area contributed by atoms with E-state index in [0.717, 1.165) is 19.4 Å². The molecule has 0 aromatic carbocycles. The molecule has 88 valence electrons. The van der Waals surface area contributed by atoms with Crippen molar-refractivity contribution < 1.29 is 9.53 Å². The highest BCUT2D eigenvalue weighted by Crippen LogP contribution is 2.15. The molecule has 17 heavy (non-hydrogen) atoms. The second-order valence-electron chi connectivity index (χ2n) is 3.95. The Labute approximate surface area is 99.4 Å². The minimum Gasteiger partial charge on any atom is -0.381 e. The van der Waals surface area contributed by atoms with Crippen LogP contribution in [0.15, 0.2) is 18.3 Å². The van der Waals surface area contributed by atoms with Gasteiger partial charge < -0.3 is 10.1 Å². The summed E-state index contributed by atoms with van der Waals surface area (Å²) in [5.74, 6) is 0.308. The lowest BCUT2D eigenvalue weighted by Crippen LogP contribution is -2.30. The molecule has 0 bridgehead atoms. The topological polar surface area (TPSA) is 75.0 Å². The van der Waals surface area contributed by atoms with Crippen molar-refractivity contribution in [2.45, 2.75) is 12.8 Å². The molecule has 1 saturated heterocycles. The maximum absolute atomic E-state index is 11.8. The number of carbonyl (C=O) groups is 1. The van der Waals surface area contributed by atoms with Gasteiger partial charge in [-0.1, -0.05) is 0 Å². The van der Waals surface area contributed by atoms with Gasteiger partial charge in [-0.15, -0.1) is 0 Å². The number of pyridine rings is 1. The molecule has 2 heterocycles. The highest BCUT2D eigenvalue weighted by atomic mass is 16.5. The molecule has 0 spiro atoms. The highest BCUT2D eigenvalue weighted by Gasteiger charge is 2.21. The first-order valence-electron chi connectivity index (χ1n) is 5.54. The Morgan fingerprint density at radius 2 is 2.47 bits per heavy atom. The van der Waals surface area contributed by atoms with Crippen LogP contribution in [0.2, 0.25) is 0 Å². The third-order valence-corrected chi connectivity index (χ3v) is 2.67. The third kappa shape index (κ3) is 3.02. The average Bonchev–Trinajstić information content (AvgIpc) is 2.40. The molecule has 1 amide bonds. The summed E-state index contributed by atoms with van der Waals surface area (Å²) in [7, 11) is 0. The minimum atomic E-state index is -0.0961. The molecule has 1 aromatic heterocycles. The Morgan fingerprint density at radius 1 is 1.59 bits per heavy atom. The van der Waals surface area contributed by atoms with E-state index in [4.69, 9.17) is 10.00 Å². The highest BCUT2D eigenvalue weighted by molar-refractivity contribution is 5.91. The second kappa shape index (κ2) is 5.41. The monoisotopic (exact) mass is 231 g/mol. The van der Waals surface area contributed by atoms with Crippen molar-refractivity contribution in [1.29, 1.82) is 5.26 Å². The van der Waals surface area contributed by atoms with Crippen molar-refractivity contribution in [2.75, 3.05) is 18.5 Å². The number of rotatable bonds is 2. The molecule has 1 aromatic rings. The fourth-order valence-corrected chi connectivity index (χ4v) is 1.71. The SMILES string of the molecule is N#Cc1ccc(NC(=O)C2CCCOC2)nc1. The zero-order chi connectivity index (χ0) is 12.1. The average molecular weight is 231 g/mol. The van der Waals surface area contributed by atoms with Crippen LogP contribution in [0.1, 0.15) is 18.4 Å². The van der Waals surface area contributed by atoms with E-state index in [1.807, 2.05) is 6.07 Å². The summed E-state index contributed by atoms with van der Waals surface area (Å²) in [5, 5.41) is 11.3. The van der Waals surface area contributed by atoms with Crippen LogP contribution in [-0.2, 0) is 9.53 Å². The van der Waals surface area contributed by atoms with Gasteiger partial charge in [-0.2, -0.15) is 5.26 Å². The van der Waals surface area contributed by atoms with Gasteiger partial charge in [0, 0.05) is 12.8 Å². The van der Waals surface area contributed by atoms with Gasteiger partial charge >= 0.3 is 0 Å². The number of hydrogen-bond donors (Lipinski definition) is 1. The van der Waals surface area contributed by atoms with E-state index in [9.17, 15) is 4.79 Å². The third-order valence-electron chi connectivity index (χ3n) is 2.67. The number of nitrogens with zero attached hydrogens (tertiary/aromatic N) is 2. The standard InChI is InChI=1S/C12H13N3O2/c13-6-9-3-4-11(14-7-9)15-12(16)10-2-1-5-17-8-10/h3-4,7,10H,1-2,5,8H2,(H,14,15,16). The summed E-state index contributed by atoms with van der Waals surface area (Å²) in [4.78, 5) is 15.8. The van der Waals surface area contributed by atoms with Crippen molar-refractivity contribution in [3.8, 4) is 6.07 Å². The second-order valence-corrected chi connectivity index (χ2v) is 3.95. The molecule has 1 unspecified atom stereocenters. The Bertz CT molecular complexity index is 430. The van der Waals surface area contributed by atoms with E-state index in [1.165, 1.54) is 6.20 Å². The first-order chi connectivity index (χ1) is 8.29. The van der Waals surface area contributed by atoms with Crippen LogP contribution in [0.5, 0.6) is 0 Å². The van der Waals surface area contributed by atoms with Crippen LogP contribution in [0, 0.1) is 17.2 Å². The normalized spacial score (nSPS) is 19.4.